The van der Waals surface area contributed by atoms with E-state index in [1.165, 1.54) is 18.2 Å². The highest BCUT2D eigenvalue weighted by molar-refractivity contribution is 9.10. The average Bonchev–Trinajstić information content (AvgIpc) is 3.27. The van der Waals surface area contributed by atoms with Crippen LogP contribution in [0, 0.1) is 0 Å². The fraction of sp³-hybridized carbons (Fsp3) is 0.0833. The molecule has 1 heterocycles. The van der Waals surface area contributed by atoms with Crippen LogP contribution >= 0.6 is 27.7 Å². The molecule has 1 amide bonds. The number of aromatic nitrogens is 3. The Balaban J connectivity index is 1.49. The monoisotopic (exact) mass is 559 g/mol. The van der Waals surface area contributed by atoms with Crippen molar-refractivity contribution >= 4 is 39.8 Å². The number of carbonyl (C=O) groups excluding carboxylic acids is 1. The third-order valence-corrected chi connectivity index (χ3v) is 6.20. The SMILES string of the molecule is O=C(CSc1nnc(-c2ccc(Br)cc2)n1-c1ccccc1)NN=Cc1ccccc1C(F)(F)F. The van der Waals surface area contributed by atoms with Gasteiger partial charge in [-0.05, 0) is 30.3 Å². The summed E-state index contributed by atoms with van der Waals surface area (Å²) < 4.78 is 42.0. The van der Waals surface area contributed by atoms with Gasteiger partial charge in [0.25, 0.3) is 5.91 Å². The van der Waals surface area contributed by atoms with Gasteiger partial charge in [0, 0.05) is 21.3 Å². The first kappa shape index (κ1) is 24.7. The Bertz CT molecular complexity index is 1340. The molecule has 0 spiro atoms. The van der Waals surface area contributed by atoms with E-state index in [4.69, 9.17) is 0 Å². The van der Waals surface area contributed by atoms with E-state index in [-0.39, 0.29) is 11.3 Å². The molecule has 0 fully saturated rings. The van der Waals surface area contributed by atoms with E-state index < -0.39 is 17.6 Å². The van der Waals surface area contributed by atoms with Crippen LogP contribution in [-0.4, -0.2) is 32.6 Å². The van der Waals surface area contributed by atoms with Gasteiger partial charge in [-0.3, -0.25) is 9.36 Å². The topological polar surface area (TPSA) is 72.2 Å². The average molecular weight is 560 g/mol. The highest BCUT2D eigenvalue weighted by atomic mass is 79.9. The number of hydrazone groups is 1. The number of alkyl halides is 3. The molecule has 11 heteroatoms. The number of hydrogen-bond donors (Lipinski definition) is 1. The second-order valence-electron chi connectivity index (χ2n) is 7.15. The molecule has 35 heavy (non-hydrogen) atoms. The van der Waals surface area contributed by atoms with Gasteiger partial charge in [-0.25, -0.2) is 5.43 Å². The molecule has 0 aliphatic carbocycles. The van der Waals surface area contributed by atoms with Gasteiger partial charge in [0.2, 0.25) is 0 Å². The molecule has 0 atom stereocenters. The first-order valence-corrected chi connectivity index (χ1v) is 12.0. The summed E-state index contributed by atoms with van der Waals surface area (Å²) in [5.74, 6) is 0.0424. The summed E-state index contributed by atoms with van der Waals surface area (Å²) in [4.78, 5) is 12.3. The maximum absolute atomic E-state index is 13.1. The van der Waals surface area contributed by atoms with Gasteiger partial charge in [-0.2, -0.15) is 18.3 Å². The largest absolute Gasteiger partial charge is 0.417 e. The van der Waals surface area contributed by atoms with Crippen molar-refractivity contribution in [1.82, 2.24) is 20.2 Å². The number of para-hydroxylation sites is 1. The van der Waals surface area contributed by atoms with Crippen molar-refractivity contribution in [3.63, 3.8) is 0 Å². The maximum Gasteiger partial charge on any atom is 0.417 e. The van der Waals surface area contributed by atoms with Gasteiger partial charge in [0.1, 0.15) is 0 Å². The number of hydrogen-bond acceptors (Lipinski definition) is 5. The third-order valence-electron chi connectivity index (χ3n) is 4.74. The molecule has 0 aliphatic heterocycles. The number of nitrogens with zero attached hydrogens (tertiary/aromatic N) is 4. The Morgan fingerprint density at radius 2 is 1.69 bits per heavy atom. The molecule has 1 N–H and O–H groups in total. The standard InChI is InChI=1S/C24H17BrF3N5OS/c25-18-12-10-16(11-13-18)22-31-32-23(33(22)19-7-2-1-3-8-19)35-15-21(34)30-29-14-17-6-4-5-9-20(17)24(26,27)28/h1-14H,15H2,(H,30,34). The van der Waals surface area contributed by atoms with Crippen LogP contribution in [0.3, 0.4) is 0 Å². The van der Waals surface area contributed by atoms with Crippen LogP contribution in [0.1, 0.15) is 11.1 Å². The van der Waals surface area contributed by atoms with Crippen molar-refractivity contribution < 1.29 is 18.0 Å². The van der Waals surface area contributed by atoms with Crippen LogP contribution in [0.4, 0.5) is 13.2 Å². The van der Waals surface area contributed by atoms with Crippen LogP contribution in [0.2, 0.25) is 0 Å². The number of carbonyl (C=O) groups is 1. The van der Waals surface area contributed by atoms with Gasteiger partial charge >= 0.3 is 6.18 Å². The van der Waals surface area contributed by atoms with E-state index in [2.05, 4.69) is 36.7 Å². The van der Waals surface area contributed by atoms with Crippen LogP contribution in [0.25, 0.3) is 17.1 Å². The predicted molar refractivity (Wildman–Crippen MR) is 132 cm³/mol. The smallest absolute Gasteiger partial charge is 0.272 e. The quantitative estimate of drug-likeness (QED) is 0.172. The Kier molecular flexibility index (Phi) is 7.67. The van der Waals surface area contributed by atoms with Gasteiger partial charge in [-0.15, -0.1) is 10.2 Å². The summed E-state index contributed by atoms with van der Waals surface area (Å²) >= 11 is 4.55. The minimum Gasteiger partial charge on any atom is -0.272 e. The number of nitrogens with one attached hydrogen (secondary N) is 1. The summed E-state index contributed by atoms with van der Waals surface area (Å²) in [5, 5.41) is 12.7. The predicted octanol–water partition coefficient (Wildman–Crippen LogP) is 5.96. The lowest BCUT2D eigenvalue weighted by Gasteiger charge is -2.10. The van der Waals surface area contributed by atoms with Crippen molar-refractivity contribution in [3.05, 3.63) is 94.5 Å². The van der Waals surface area contributed by atoms with Crippen molar-refractivity contribution in [2.45, 2.75) is 11.3 Å². The second-order valence-corrected chi connectivity index (χ2v) is 9.01. The van der Waals surface area contributed by atoms with Crippen LogP contribution in [-0.2, 0) is 11.0 Å². The third kappa shape index (κ3) is 6.17. The molecule has 0 saturated carbocycles. The van der Waals surface area contributed by atoms with E-state index in [0.29, 0.717) is 11.0 Å². The van der Waals surface area contributed by atoms with E-state index in [1.807, 2.05) is 59.2 Å². The Hall–Kier alpha value is -3.44. The molecule has 0 unspecified atom stereocenters. The second kappa shape index (κ2) is 10.9. The highest BCUT2D eigenvalue weighted by Crippen LogP contribution is 2.31. The normalized spacial score (nSPS) is 11.7. The molecule has 0 aliphatic rings. The molecule has 0 bridgehead atoms. The number of rotatable bonds is 7. The number of thioether (sulfide) groups is 1. The minimum absolute atomic E-state index is 0.0659. The number of halogens is 4. The maximum atomic E-state index is 13.1. The first-order chi connectivity index (χ1) is 16.8. The molecular formula is C24H17BrF3N5OS. The minimum atomic E-state index is -4.52. The van der Waals surface area contributed by atoms with Gasteiger partial charge in [-0.1, -0.05) is 76.2 Å². The van der Waals surface area contributed by atoms with Crippen molar-refractivity contribution in [1.29, 1.82) is 0 Å². The lowest BCUT2D eigenvalue weighted by Crippen LogP contribution is -2.20. The number of amides is 1. The zero-order chi connectivity index (χ0) is 24.8. The van der Waals surface area contributed by atoms with Crippen molar-refractivity contribution in [3.8, 4) is 17.1 Å². The van der Waals surface area contributed by atoms with Crippen molar-refractivity contribution in [2.24, 2.45) is 5.10 Å². The molecule has 178 valence electrons. The molecule has 0 radical (unpaired) electrons. The molecule has 6 nitrogen and oxygen atoms in total. The summed E-state index contributed by atoms with van der Waals surface area (Å²) in [6, 6.07) is 22.1. The highest BCUT2D eigenvalue weighted by Gasteiger charge is 2.32. The summed E-state index contributed by atoms with van der Waals surface area (Å²) in [7, 11) is 0. The Morgan fingerprint density at radius 1 is 1.00 bits per heavy atom. The molecular weight excluding hydrogens is 543 g/mol. The molecule has 4 aromatic rings. The molecule has 0 saturated heterocycles. The van der Waals surface area contributed by atoms with Crippen LogP contribution in [0.15, 0.2) is 93.6 Å². The fourth-order valence-electron chi connectivity index (χ4n) is 3.16. The zero-order valence-corrected chi connectivity index (χ0v) is 20.3. The van der Waals surface area contributed by atoms with Crippen molar-refractivity contribution in [2.75, 3.05) is 5.75 Å². The lowest BCUT2D eigenvalue weighted by atomic mass is 10.1. The summed E-state index contributed by atoms with van der Waals surface area (Å²) in [5.41, 5.74) is 2.95. The summed E-state index contributed by atoms with van der Waals surface area (Å²) in [6.45, 7) is 0. The van der Waals surface area contributed by atoms with Crippen LogP contribution in [0.5, 0.6) is 0 Å². The lowest BCUT2D eigenvalue weighted by molar-refractivity contribution is -0.137. The Morgan fingerprint density at radius 3 is 2.40 bits per heavy atom. The van der Waals surface area contributed by atoms with Gasteiger partial charge < -0.3 is 0 Å². The summed E-state index contributed by atoms with van der Waals surface area (Å²) in [6.07, 6.45) is -3.54. The molecule has 3 aromatic carbocycles. The number of benzene rings is 3. The van der Waals surface area contributed by atoms with E-state index in [1.54, 1.807) is 0 Å². The van der Waals surface area contributed by atoms with Crippen LogP contribution < -0.4 is 5.43 Å². The zero-order valence-electron chi connectivity index (χ0n) is 17.9. The van der Waals surface area contributed by atoms with E-state index >= 15 is 0 Å². The van der Waals surface area contributed by atoms with E-state index in [9.17, 15) is 18.0 Å². The van der Waals surface area contributed by atoms with Gasteiger partial charge in [0.15, 0.2) is 11.0 Å². The van der Waals surface area contributed by atoms with Gasteiger partial charge in [0.05, 0.1) is 17.5 Å². The molecule has 4 rings (SSSR count). The Labute approximate surface area is 211 Å². The molecule has 1 aromatic heterocycles. The first-order valence-electron chi connectivity index (χ1n) is 10.2. The van der Waals surface area contributed by atoms with E-state index in [0.717, 1.165) is 39.8 Å². The fourth-order valence-corrected chi connectivity index (χ4v) is 4.17.